The number of carbonyl (C=O) groups excluding carboxylic acids is 3. The molecule has 0 bridgehead atoms. The lowest BCUT2D eigenvalue weighted by Gasteiger charge is -2.46. The van der Waals surface area contributed by atoms with Gasteiger partial charge in [-0.25, -0.2) is 9.97 Å². The van der Waals surface area contributed by atoms with Crippen LogP contribution >= 0.6 is 0 Å². The molecule has 8 rings (SSSR count). The number of fused-ring (bicyclic) bond motifs is 1. The third-order valence-electron chi connectivity index (χ3n) is 12.6. The van der Waals surface area contributed by atoms with E-state index < -0.39 is 0 Å². The van der Waals surface area contributed by atoms with Gasteiger partial charge in [-0.15, -0.1) is 0 Å². The fraction of sp³-hybridized carbons (Fsp3) is 0.512. The third kappa shape index (κ3) is 8.12. The van der Waals surface area contributed by atoms with Crippen molar-refractivity contribution in [2.24, 2.45) is 5.92 Å². The molecular formula is C43H52N10O3. The predicted molar refractivity (Wildman–Crippen MR) is 215 cm³/mol. The number of amides is 3. The molecule has 1 unspecified atom stereocenters. The first-order chi connectivity index (χ1) is 27.1. The van der Waals surface area contributed by atoms with Crippen LogP contribution in [0.1, 0.15) is 112 Å². The van der Waals surface area contributed by atoms with Gasteiger partial charge in [-0.05, 0) is 94.9 Å². The molecule has 3 N–H and O–H groups in total. The largest absolute Gasteiger partial charge is 0.382 e. The van der Waals surface area contributed by atoms with E-state index in [0.29, 0.717) is 47.4 Å². The van der Waals surface area contributed by atoms with Crippen LogP contribution in [0.3, 0.4) is 0 Å². The second-order valence-electron chi connectivity index (χ2n) is 16.8. The number of nitriles is 1. The van der Waals surface area contributed by atoms with Crippen LogP contribution in [0.15, 0.2) is 55.0 Å². The zero-order chi connectivity index (χ0) is 38.8. The van der Waals surface area contributed by atoms with Crippen LogP contribution < -0.4 is 20.9 Å². The molecule has 1 aromatic carbocycles. The molecule has 292 valence electrons. The Morgan fingerprint density at radius 1 is 0.911 bits per heavy atom. The van der Waals surface area contributed by atoms with Gasteiger partial charge in [-0.1, -0.05) is 25.0 Å². The minimum absolute atomic E-state index is 0.0735. The minimum atomic E-state index is -0.257. The lowest BCUT2D eigenvalue weighted by molar-refractivity contribution is -0.134. The average Bonchev–Trinajstić information content (AvgIpc) is 3.89. The van der Waals surface area contributed by atoms with Gasteiger partial charge in [0.2, 0.25) is 11.8 Å². The first-order valence-electron chi connectivity index (χ1n) is 20.4. The normalized spacial score (nSPS) is 22.5. The number of anilines is 2. The van der Waals surface area contributed by atoms with Crippen molar-refractivity contribution in [1.82, 2.24) is 35.3 Å². The summed E-state index contributed by atoms with van der Waals surface area (Å²) in [6.07, 6.45) is 15.5. The summed E-state index contributed by atoms with van der Waals surface area (Å²) < 4.78 is 1.66. The smallest absolute Gasteiger partial charge is 0.255 e. The molecule has 4 aliphatic rings. The molecule has 4 fully saturated rings. The van der Waals surface area contributed by atoms with E-state index in [1.165, 1.54) is 24.7 Å². The second-order valence-corrected chi connectivity index (χ2v) is 16.8. The highest BCUT2D eigenvalue weighted by molar-refractivity contribution is 6.01. The molecule has 0 radical (unpaired) electrons. The molecule has 3 aromatic heterocycles. The lowest BCUT2D eigenvalue weighted by Crippen LogP contribution is -2.55. The first-order valence-corrected chi connectivity index (χ1v) is 20.4. The molecule has 4 aromatic rings. The average molecular weight is 757 g/mol. The van der Waals surface area contributed by atoms with Crippen molar-refractivity contribution in [3.63, 3.8) is 0 Å². The number of hydrogen-bond donors (Lipinski definition) is 3. The van der Waals surface area contributed by atoms with Gasteiger partial charge in [0.05, 0.1) is 28.9 Å². The number of aromatic nitrogens is 4. The van der Waals surface area contributed by atoms with Crippen LogP contribution in [0.5, 0.6) is 0 Å². The van der Waals surface area contributed by atoms with Crippen LogP contribution in [-0.4, -0.2) is 86.2 Å². The topological polar surface area (TPSA) is 161 Å². The molecule has 0 spiro atoms. The Morgan fingerprint density at radius 2 is 1.66 bits per heavy atom. The van der Waals surface area contributed by atoms with E-state index in [9.17, 15) is 19.6 Å². The van der Waals surface area contributed by atoms with Crippen molar-refractivity contribution >= 4 is 40.1 Å². The Morgan fingerprint density at radius 3 is 2.38 bits per heavy atom. The summed E-state index contributed by atoms with van der Waals surface area (Å²) in [6, 6.07) is 14.5. The second kappa shape index (κ2) is 16.0. The Bertz CT molecular complexity index is 2120. The molecular weight excluding hydrogens is 705 g/mol. The highest BCUT2D eigenvalue weighted by Crippen LogP contribution is 2.35. The van der Waals surface area contributed by atoms with Gasteiger partial charge in [0.15, 0.2) is 11.5 Å². The minimum Gasteiger partial charge on any atom is -0.382 e. The van der Waals surface area contributed by atoms with Crippen LogP contribution in [0.2, 0.25) is 0 Å². The number of carbonyl (C=O) groups is 3. The number of imide groups is 1. The standard InChI is InChI=1S/C43H52N10O3/c1-43(2,52-19-17-51(18-20-52)34-13-9-30(10-14-34)35-15-16-39(54)50-41(35)55)23-28-7-11-33(12-8-28)49-42(56)36-27-45-38(22-37(36)48-32-5-3-4-6-32)53-40-31(26-47-53)21-29(24-44)25-46-40/h9-10,13-14,21-22,25-28,32-33,35H,3-8,11-12,15-20,23H2,1-2H3,(H,45,48)(H,49,56)(H,50,54,55)/t28-,33-,35?. The van der Waals surface area contributed by atoms with Gasteiger partial charge in [0.1, 0.15) is 6.07 Å². The first kappa shape index (κ1) is 37.6. The lowest BCUT2D eigenvalue weighted by atomic mass is 9.78. The van der Waals surface area contributed by atoms with E-state index in [1.54, 1.807) is 23.1 Å². The summed E-state index contributed by atoms with van der Waals surface area (Å²) >= 11 is 0. The number of piperidine rings is 1. The van der Waals surface area contributed by atoms with Gasteiger partial charge >= 0.3 is 0 Å². The molecule has 1 atom stereocenters. The van der Waals surface area contributed by atoms with Crippen molar-refractivity contribution in [3.05, 3.63) is 71.7 Å². The highest BCUT2D eigenvalue weighted by Gasteiger charge is 2.35. The van der Waals surface area contributed by atoms with E-state index in [4.69, 9.17) is 0 Å². The highest BCUT2D eigenvalue weighted by atomic mass is 16.2. The van der Waals surface area contributed by atoms with E-state index in [1.807, 2.05) is 18.2 Å². The van der Waals surface area contributed by atoms with Gasteiger partial charge in [-0.2, -0.15) is 15.0 Å². The summed E-state index contributed by atoms with van der Waals surface area (Å²) in [5.74, 6) is 0.445. The van der Waals surface area contributed by atoms with Crippen molar-refractivity contribution in [3.8, 4) is 11.9 Å². The number of hydrogen-bond acceptors (Lipinski definition) is 10. The Balaban J connectivity index is 0.843. The van der Waals surface area contributed by atoms with Crippen LogP contribution in [0.25, 0.3) is 16.9 Å². The Kier molecular flexibility index (Phi) is 10.7. The van der Waals surface area contributed by atoms with E-state index >= 15 is 0 Å². The van der Waals surface area contributed by atoms with E-state index in [2.05, 4.69) is 72.9 Å². The molecule has 3 amide bonds. The van der Waals surface area contributed by atoms with Crippen molar-refractivity contribution in [1.29, 1.82) is 5.26 Å². The van der Waals surface area contributed by atoms with Crippen LogP contribution in [-0.2, 0) is 9.59 Å². The van der Waals surface area contributed by atoms with Crippen LogP contribution in [0, 0.1) is 17.2 Å². The molecule has 56 heavy (non-hydrogen) atoms. The predicted octanol–water partition coefficient (Wildman–Crippen LogP) is 5.84. The molecule has 13 nitrogen and oxygen atoms in total. The number of piperazine rings is 1. The van der Waals surface area contributed by atoms with Crippen LogP contribution in [0.4, 0.5) is 11.4 Å². The van der Waals surface area contributed by atoms with Crippen molar-refractivity contribution < 1.29 is 14.4 Å². The molecule has 2 aliphatic heterocycles. The van der Waals surface area contributed by atoms with Gasteiger partial charge in [0.25, 0.3) is 5.91 Å². The molecule has 13 heteroatoms. The fourth-order valence-corrected chi connectivity index (χ4v) is 9.41. The zero-order valence-electron chi connectivity index (χ0n) is 32.5. The van der Waals surface area contributed by atoms with Gasteiger partial charge < -0.3 is 15.5 Å². The number of rotatable bonds is 10. The summed E-state index contributed by atoms with van der Waals surface area (Å²) in [5, 5.41) is 24.0. The third-order valence-corrected chi connectivity index (χ3v) is 12.6. The number of pyridine rings is 2. The SMILES string of the molecule is CC(C)(C[C@H]1CC[C@H](NC(=O)c2cnc(-n3ncc4cc(C#N)cnc43)cc2NC2CCCC2)CC1)N1CCN(c2ccc(C3CCC(=O)NC3=O)cc2)CC1. The van der Waals surface area contributed by atoms with Gasteiger partial charge in [-0.3, -0.25) is 24.6 Å². The maximum Gasteiger partial charge on any atom is 0.255 e. The molecule has 2 saturated carbocycles. The summed E-state index contributed by atoms with van der Waals surface area (Å²) in [4.78, 5) is 52.0. The van der Waals surface area contributed by atoms with E-state index in [0.717, 1.165) is 87.8 Å². The Hall–Kier alpha value is -5.35. The molecule has 2 aliphatic carbocycles. The summed E-state index contributed by atoms with van der Waals surface area (Å²) in [7, 11) is 0. The summed E-state index contributed by atoms with van der Waals surface area (Å²) in [5.41, 5.74) is 4.61. The number of nitrogens with zero attached hydrogens (tertiary/aromatic N) is 7. The summed E-state index contributed by atoms with van der Waals surface area (Å²) in [6.45, 7) is 8.65. The van der Waals surface area contributed by atoms with Gasteiger partial charge in [0, 0.05) is 79.8 Å². The maximum atomic E-state index is 13.9. The quantitative estimate of drug-likeness (QED) is 0.168. The monoisotopic (exact) mass is 756 g/mol. The van der Waals surface area contributed by atoms with E-state index in [-0.39, 0.29) is 35.2 Å². The zero-order valence-corrected chi connectivity index (χ0v) is 32.5. The molecule has 2 saturated heterocycles. The number of nitrogens with one attached hydrogen (secondary N) is 3. The Labute approximate surface area is 328 Å². The van der Waals surface area contributed by atoms with Crippen molar-refractivity contribution in [2.45, 2.75) is 108 Å². The van der Waals surface area contributed by atoms with Crippen molar-refractivity contribution in [2.75, 3.05) is 36.4 Å². The molecule has 5 heterocycles. The number of benzene rings is 1. The maximum absolute atomic E-state index is 13.9. The fourth-order valence-electron chi connectivity index (χ4n) is 9.41.